The van der Waals surface area contributed by atoms with Crippen LogP contribution in [0.1, 0.15) is 48.8 Å². The summed E-state index contributed by atoms with van der Waals surface area (Å²) in [5.74, 6) is -0.427. The molecule has 2 saturated carbocycles. The van der Waals surface area contributed by atoms with E-state index in [1.54, 1.807) is 11.9 Å². The summed E-state index contributed by atoms with van der Waals surface area (Å²) >= 11 is 0. The van der Waals surface area contributed by atoms with Crippen LogP contribution >= 0.6 is 0 Å². The number of amides is 1. The van der Waals surface area contributed by atoms with Gasteiger partial charge in [-0.15, -0.1) is 0 Å². The predicted octanol–water partition coefficient (Wildman–Crippen LogP) is 3.20. The third-order valence-corrected chi connectivity index (χ3v) is 6.05. The molecule has 146 valence electrons. The zero-order valence-corrected chi connectivity index (χ0v) is 16.5. The maximum atomic E-state index is 12.4. The lowest BCUT2D eigenvalue weighted by Gasteiger charge is -2.36. The van der Waals surface area contributed by atoms with Gasteiger partial charge in [-0.3, -0.25) is 14.4 Å². The Morgan fingerprint density at radius 3 is 2.44 bits per heavy atom. The summed E-state index contributed by atoms with van der Waals surface area (Å²) in [5, 5.41) is 0. The molecule has 5 heteroatoms. The van der Waals surface area contributed by atoms with Crippen LogP contribution in [0.2, 0.25) is 0 Å². The maximum Gasteiger partial charge on any atom is 0.309 e. The Labute approximate surface area is 161 Å². The molecule has 2 aliphatic carbocycles. The third-order valence-electron chi connectivity index (χ3n) is 6.05. The lowest BCUT2D eigenvalue weighted by Crippen LogP contribution is -2.40. The van der Waals surface area contributed by atoms with Crippen molar-refractivity contribution in [3.05, 3.63) is 34.9 Å². The highest BCUT2D eigenvalue weighted by Crippen LogP contribution is 2.40. The maximum absolute atomic E-state index is 12.4. The monoisotopic (exact) mass is 371 g/mol. The molecule has 0 radical (unpaired) electrons. The number of esters is 1. The highest BCUT2D eigenvalue weighted by Gasteiger charge is 2.41. The number of nitrogens with zero attached hydrogens (tertiary/aromatic N) is 1. The molecule has 0 N–H and O–H groups in total. The smallest absolute Gasteiger partial charge is 0.309 e. The van der Waals surface area contributed by atoms with Gasteiger partial charge in [0, 0.05) is 25.4 Å². The minimum Gasteiger partial charge on any atom is -0.455 e. The Bertz CT molecular complexity index is 726. The van der Waals surface area contributed by atoms with E-state index < -0.39 is 0 Å². The van der Waals surface area contributed by atoms with Crippen molar-refractivity contribution >= 4 is 17.7 Å². The molecule has 0 saturated heterocycles. The molecular formula is C22H29NO4. The average molecular weight is 371 g/mol. The van der Waals surface area contributed by atoms with E-state index in [1.807, 2.05) is 26.0 Å². The van der Waals surface area contributed by atoms with Crippen LogP contribution in [-0.2, 0) is 25.7 Å². The molecule has 2 fully saturated rings. The van der Waals surface area contributed by atoms with Gasteiger partial charge in [-0.25, -0.2) is 0 Å². The number of ether oxygens (including phenoxy) is 1. The van der Waals surface area contributed by atoms with Crippen LogP contribution in [0, 0.1) is 31.6 Å². The second kappa shape index (κ2) is 8.24. The molecule has 2 bridgehead atoms. The summed E-state index contributed by atoms with van der Waals surface area (Å²) < 4.78 is 5.31. The van der Waals surface area contributed by atoms with E-state index in [4.69, 9.17) is 4.74 Å². The van der Waals surface area contributed by atoms with E-state index >= 15 is 0 Å². The summed E-state index contributed by atoms with van der Waals surface area (Å²) in [6, 6.07) is 6.15. The summed E-state index contributed by atoms with van der Waals surface area (Å²) in [6.45, 7) is 4.32. The van der Waals surface area contributed by atoms with Crippen molar-refractivity contribution in [3.63, 3.8) is 0 Å². The number of carbonyl (C=O) groups is 3. The van der Waals surface area contributed by atoms with E-state index in [0.29, 0.717) is 25.2 Å². The number of fused-ring (bicyclic) bond motifs is 2. The fourth-order valence-electron chi connectivity index (χ4n) is 4.40. The van der Waals surface area contributed by atoms with E-state index in [9.17, 15) is 14.4 Å². The average Bonchev–Trinajstić information content (AvgIpc) is 2.61. The number of likely N-dealkylation sites (N-methyl/N-ethyl adjacent to an activating group) is 1. The molecule has 3 atom stereocenters. The summed E-state index contributed by atoms with van der Waals surface area (Å²) in [6.07, 6.45) is 4.01. The van der Waals surface area contributed by atoms with Gasteiger partial charge in [0.25, 0.3) is 5.91 Å². The summed E-state index contributed by atoms with van der Waals surface area (Å²) in [7, 11) is 1.72. The van der Waals surface area contributed by atoms with Gasteiger partial charge in [-0.05, 0) is 50.7 Å². The molecule has 5 nitrogen and oxygen atoms in total. The van der Waals surface area contributed by atoms with Gasteiger partial charge in [0.05, 0.1) is 5.92 Å². The van der Waals surface area contributed by atoms with Gasteiger partial charge in [0.2, 0.25) is 0 Å². The van der Waals surface area contributed by atoms with Crippen molar-refractivity contribution in [2.24, 2.45) is 17.8 Å². The molecule has 0 aromatic heterocycles. The number of hydrogen-bond acceptors (Lipinski definition) is 4. The van der Waals surface area contributed by atoms with E-state index in [1.165, 1.54) is 5.56 Å². The normalized spacial score (nSPS) is 24.4. The number of carbonyl (C=O) groups excluding carboxylic acids is 3. The van der Waals surface area contributed by atoms with E-state index in [0.717, 1.165) is 30.4 Å². The second-order valence-corrected chi connectivity index (χ2v) is 8.18. The Hall–Kier alpha value is -2.17. The van der Waals surface area contributed by atoms with Crippen LogP contribution in [0.5, 0.6) is 0 Å². The van der Waals surface area contributed by atoms with Gasteiger partial charge in [0.1, 0.15) is 5.78 Å². The van der Waals surface area contributed by atoms with Crippen molar-refractivity contribution in [1.29, 1.82) is 0 Å². The van der Waals surface area contributed by atoms with Crippen molar-refractivity contribution in [2.75, 3.05) is 13.7 Å². The second-order valence-electron chi connectivity index (χ2n) is 8.18. The standard InChI is InChI=1S/C22H29NO4/c1-14-7-8-18(15(2)9-14)12-23(3)20(24)13-27-22(26)19-10-16-5-4-6-17(11-19)21(16)25/h7-9,16-17,19H,4-6,10-13H2,1-3H3/t16-,17+,19?. The summed E-state index contributed by atoms with van der Waals surface area (Å²) in [5.41, 5.74) is 3.42. The summed E-state index contributed by atoms with van der Waals surface area (Å²) in [4.78, 5) is 38.5. The number of rotatable bonds is 5. The zero-order chi connectivity index (χ0) is 19.6. The molecule has 1 unspecified atom stereocenters. The number of benzene rings is 1. The Morgan fingerprint density at radius 2 is 1.81 bits per heavy atom. The topological polar surface area (TPSA) is 63.7 Å². The van der Waals surface area contributed by atoms with Gasteiger partial charge in [-0.2, -0.15) is 0 Å². The number of aryl methyl sites for hydroxylation is 2. The molecule has 3 rings (SSSR count). The molecule has 2 aliphatic rings. The number of hydrogen-bond donors (Lipinski definition) is 0. The van der Waals surface area contributed by atoms with Crippen LogP contribution in [0.3, 0.4) is 0 Å². The zero-order valence-electron chi connectivity index (χ0n) is 16.5. The molecule has 1 aromatic carbocycles. The molecular weight excluding hydrogens is 342 g/mol. The Balaban J connectivity index is 1.49. The van der Waals surface area contributed by atoms with E-state index in [2.05, 4.69) is 6.07 Å². The van der Waals surface area contributed by atoms with Crippen LogP contribution in [0.4, 0.5) is 0 Å². The molecule has 1 aromatic rings. The minimum atomic E-state index is -0.326. The van der Waals surface area contributed by atoms with Gasteiger partial charge < -0.3 is 9.64 Å². The van der Waals surface area contributed by atoms with Crippen LogP contribution in [0.15, 0.2) is 18.2 Å². The highest BCUT2D eigenvalue weighted by molar-refractivity contribution is 5.88. The van der Waals surface area contributed by atoms with Gasteiger partial charge in [0.15, 0.2) is 6.61 Å². The largest absolute Gasteiger partial charge is 0.455 e. The first kappa shape index (κ1) is 19.6. The van der Waals surface area contributed by atoms with Crippen LogP contribution < -0.4 is 0 Å². The first-order chi connectivity index (χ1) is 12.8. The highest BCUT2D eigenvalue weighted by atomic mass is 16.5. The lowest BCUT2D eigenvalue weighted by molar-refractivity contribution is -0.158. The van der Waals surface area contributed by atoms with Crippen molar-refractivity contribution in [3.8, 4) is 0 Å². The van der Waals surface area contributed by atoms with Crippen LogP contribution in [0.25, 0.3) is 0 Å². The number of Topliss-reactive ketones (excluding diaryl/α,β-unsaturated/α-hetero) is 1. The van der Waals surface area contributed by atoms with Crippen molar-refractivity contribution in [1.82, 2.24) is 4.90 Å². The van der Waals surface area contributed by atoms with Crippen molar-refractivity contribution < 1.29 is 19.1 Å². The lowest BCUT2D eigenvalue weighted by atomic mass is 9.67. The molecule has 0 aliphatic heterocycles. The third kappa shape index (κ3) is 4.57. The molecule has 0 heterocycles. The number of ketones is 1. The van der Waals surface area contributed by atoms with Gasteiger partial charge >= 0.3 is 5.97 Å². The molecule has 1 amide bonds. The molecule has 0 spiro atoms. The quantitative estimate of drug-likeness (QED) is 0.746. The first-order valence-corrected chi connectivity index (χ1v) is 9.85. The Kier molecular flexibility index (Phi) is 5.98. The Morgan fingerprint density at radius 1 is 1.15 bits per heavy atom. The molecule has 27 heavy (non-hydrogen) atoms. The SMILES string of the molecule is Cc1ccc(CN(C)C(=O)COC(=O)C2C[C@H]3CCC[C@@H](C2)C3=O)c(C)c1. The van der Waals surface area contributed by atoms with Crippen molar-refractivity contribution in [2.45, 2.75) is 52.5 Å². The fourth-order valence-corrected chi connectivity index (χ4v) is 4.40. The van der Waals surface area contributed by atoms with E-state index in [-0.39, 0.29) is 36.2 Å². The van der Waals surface area contributed by atoms with Gasteiger partial charge in [-0.1, -0.05) is 30.2 Å². The van der Waals surface area contributed by atoms with Crippen LogP contribution in [-0.4, -0.2) is 36.2 Å². The predicted molar refractivity (Wildman–Crippen MR) is 102 cm³/mol. The first-order valence-electron chi connectivity index (χ1n) is 9.85. The minimum absolute atomic E-state index is 0.0120. The fraction of sp³-hybridized carbons (Fsp3) is 0.591.